The summed E-state index contributed by atoms with van der Waals surface area (Å²) in [5, 5.41) is 4.32. The van der Waals surface area contributed by atoms with E-state index in [1.807, 2.05) is 10.7 Å². The van der Waals surface area contributed by atoms with E-state index in [-0.39, 0.29) is 5.82 Å². The molecule has 3 aromatic rings. The lowest BCUT2D eigenvalue weighted by Gasteiger charge is -1.99. The fourth-order valence-corrected chi connectivity index (χ4v) is 2.31. The highest BCUT2D eigenvalue weighted by Gasteiger charge is 2.23. The van der Waals surface area contributed by atoms with Crippen LogP contribution < -0.4 is 0 Å². The fourth-order valence-electron chi connectivity index (χ4n) is 2.31. The fraction of sp³-hybridized carbons (Fsp3) is 0.286. The first-order chi connectivity index (χ1) is 9.31. The van der Waals surface area contributed by atoms with E-state index in [0.717, 1.165) is 23.6 Å². The number of H-pyrrole nitrogens is 1. The number of imidazole rings is 1. The second kappa shape index (κ2) is 3.91. The van der Waals surface area contributed by atoms with Gasteiger partial charge < -0.3 is 4.98 Å². The summed E-state index contributed by atoms with van der Waals surface area (Å²) in [6, 6.07) is 6.66. The second-order valence-electron chi connectivity index (χ2n) is 5.07. The Labute approximate surface area is 109 Å². The molecule has 4 nitrogen and oxygen atoms in total. The molecule has 0 spiro atoms. The van der Waals surface area contributed by atoms with Crippen molar-refractivity contribution in [3.05, 3.63) is 36.3 Å². The average Bonchev–Trinajstić information content (AvgIpc) is 3.00. The third-order valence-electron chi connectivity index (χ3n) is 3.54. The normalized spacial score (nSPS) is 15.2. The quantitative estimate of drug-likeness (QED) is 0.783. The van der Waals surface area contributed by atoms with Crippen molar-refractivity contribution in [1.29, 1.82) is 0 Å². The number of nitrogens with one attached hydrogen (secondary N) is 1. The van der Waals surface area contributed by atoms with Crippen LogP contribution in [-0.4, -0.2) is 19.7 Å². The number of fused-ring (bicyclic) bond motifs is 1. The minimum atomic E-state index is -0.263. The number of aromatic nitrogens is 4. The molecule has 1 fully saturated rings. The average molecular weight is 256 g/mol. The van der Waals surface area contributed by atoms with Gasteiger partial charge in [-0.3, -0.25) is 0 Å². The van der Waals surface area contributed by atoms with Gasteiger partial charge in [0.25, 0.3) is 0 Å². The van der Waals surface area contributed by atoms with Gasteiger partial charge >= 0.3 is 0 Å². The van der Waals surface area contributed by atoms with Crippen LogP contribution in [0.2, 0.25) is 0 Å². The van der Waals surface area contributed by atoms with E-state index in [4.69, 9.17) is 0 Å². The molecule has 0 atom stereocenters. The molecular formula is C14H13FN4. The Morgan fingerprint density at radius 1 is 1.32 bits per heavy atom. The lowest BCUT2D eigenvalue weighted by Crippen LogP contribution is -2.01. The highest BCUT2D eigenvalue weighted by molar-refractivity contribution is 5.76. The van der Waals surface area contributed by atoms with Gasteiger partial charge in [-0.1, -0.05) is 12.1 Å². The standard InChI is InChI=1S/C14H13FN4/c15-11-4-2-1-3-10(11)13-17-12-7-16-19(14(12)18-13)8-9-5-6-9/h1-4,7,9H,5-6,8H2,(H,17,18). The van der Waals surface area contributed by atoms with Gasteiger partial charge in [0.1, 0.15) is 17.2 Å². The van der Waals surface area contributed by atoms with Crippen LogP contribution in [0.25, 0.3) is 22.6 Å². The first kappa shape index (κ1) is 10.7. The Morgan fingerprint density at radius 2 is 2.16 bits per heavy atom. The predicted molar refractivity (Wildman–Crippen MR) is 70.0 cm³/mol. The number of nitrogens with zero attached hydrogens (tertiary/aromatic N) is 3. The molecule has 1 aromatic carbocycles. The maximum Gasteiger partial charge on any atom is 0.176 e. The van der Waals surface area contributed by atoms with E-state index in [1.54, 1.807) is 18.3 Å². The molecule has 2 aromatic heterocycles. The maximum absolute atomic E-state index is 13.7. The third-order valence-corrected chi connectivity index (χ3v) is 3.54. The van der Waals surface area contributed by atoms with Gasteiger partial charge in [0.15, 0.2) is 5.65 Å². The Kier molecular flexibility index (Phi) is 2.21. The lowest BCUT2D eigenvalue weighted by atomic mass is 10.2. The molecule has 19 heavy (non-hydrogen) atoms. The van der Waals surface area contributed by atoms with Crippen LogP contribution in [-0.2, 0) is 6.54 Å². The van der Waals surface area contributed by atoms with Gasteiger partial charge in [0.2, 0.25) is 0 Å². The van der Waals surface area contributed by atoms with Crippen LogP contribution in [0, 0.1) is 11.7 Å². The highest BCUT2D eigenvalue weighted by Crippen LogP contribution is 2.31. The molecule has 1 aliphatic rings. The van der Waals surface area contributed by atoms with Crippen LogP contribution in [0.3, 0.4) is 0 Å². The number of rotatable bonds is 3. The Bertz CT molecular complexity index is 739. The summed E-state index contributed by atoms with van der Waals surface area (Å²) in [5.41, 5.74) is 2.17. The Balaban J connectivity index is 1.79. The molecule has 1 N–H and O–H groups in total. The topological polar surface area (TPSA) is 46.5 Å². The number of aromatic amines is 1. The van der Waals surface area contributed by atoms with Gasteiger partial charge in [-0.15, -0.1) is 0 Å². The van der Waals surface area contributed by atoms with E-state index >= 15 is 0 Å². The maximum atomic E-state index is 13.7. The molecule has 1 aliphatic carbocycles. The zero-order chi connectivity index (χ0) is 12.8. The number of hydrogen-bond donors (Lipinski definition) is 1. The smallest absolute Gasteiger partial charge is 0.176 e. The van der Waals surface area contributed by atoms with Crippen molar-refractivity contribution < 1.29 is 4.39 Å². The number of benzene rings is 1. The van der Waals surface area contributed by atoms with Crippen molar-refractivity contribution in [2.24, 2.45) is 5.92 Å². The molecule has 0 radical (unpaired) electrons. The Hall–Kier alpha value is -2.17. The molecule has 0 unspecified atom stereocenters. The summed E-state index contributed by atoms with van der Waals surface area (Å²) >= 11 is 0. The molecule has 0 aliphatic heterocycles. The second-order valence-corrected chi connectivity index (χ2v) is 5.07. The minimum absolute atomic E-state index is 0.263. The van der Waals surface area contributed by atoms with Gasteiger partial charge in [-0.05, 0) is 30.9 Å². The van der Waals surface area contributed by atoms with Crippen molar-refractivity contribution in [3.8, 4) is 11.4 Å². The minimum Gasteiger partial charge on any atom is -0.335 e. The van der Waals surface area contributed by atoms with Crippen molar-refractivity contribution >= 4 is 11.2 Å². The van der Waals surface area contributed by atoms with Crippen LogP contribution in [0.5, 0.6) is 0 Å². The highest BCUT2D eigenvalue weighted by atomic mass is 19.1. The molecule has 1 saturated carbocycles. The monoisotopic (exact) mass is 256 g/mol. The van der Waals surface area contributed by atoms with Crippen molar-refractivity contribution in [2.45, 2.75) is 19.4 Å². The largest absolute Gasteiger partial charge is 0.335 e. The third kappa shape index (κ3) is 1.82. The molecule has 0 saturated heterocycles. The number of hydrogen-bond acceptors (Lipinski definition) is 2. The summed E-state index contributed by atoms with van der Waals surface area (Å²) in [4.78, 5) is 7.62. The summed E-state index contributed by atoms with van der Waals surface area (Å²) < 4.78 is 15.7. The summed E-state index contributed by atoms with van der Waals surface area (Å²) in [6.07, 6.45) is 4.30. The van der Waals surface area contributed by atoms with E-state index in [0.29, 0.717) is 11.4 Å². The molecule has 5 heteroatoms. The molecule has 2 heterocycles. The predicted octanol–water partition coefficient (Wildman–Crippen LogP) is 2.98. The molecule has 96 valence electrons. The van der Waals surface area contributed by atoms with E-state index < -0.39 is 0 Å². The van der Waals surface area contributed by atoms with E-state index in [9.17, 15) is 4.39 Å². The summed E-state index contributed by atoms with van der Waals surface area (Å²) in [5.74, 6) is 1.03. The zero-order valence-electron chi connectivity index (χ0n) is 10.3. The molecule has 0 amide bonds. The van der Waals surface area contributed by atoms with Crippen molar-refractivity contribution in [1.82, 2.24) is 19.7 Å². The summed E-state index contributed by atoms with van der Waals surface area (Å²) in [7, 11) is 0. The van der Waals surface area contributed by atoms with Gasteiger partial charge in [0, 0.05) is 6.54 Å². The van der Waals surface area contributed by atoms with E-state index in [1.165, 1.54) is 18.9 Å². The molecule has 4 rings (SSSR count). The van der Waals surface area contributed by atoms with E-state index in [2.05, 4.69) is 15.1 Å². The van der Waals surface area contributed by atoms with Crippen LogP contribution in [0.1, 0.15) is 12.8 Å². The van der Waals surface area contributed by atoms with Gasteiger partial charge in [0.05, 0.1) is 11.8 Å². The van der Waals surface area contributed by atoms with Gasteiger partial charge in [-0.2, -0.15) is 5.10 Å². The molecular weight excluding hydrogens is 243 g/mol. The first-order valence-electron chi connectivity index (χ1n) is 6.47. The van der Waals surface area contributed by atoms with Crippen molar-refractivity contribution in [3.63, 3.8) is 0 Å². The molecule has 0 bridgehead atoms. The number of halogens is 1. The summed E-state index contributed by atoms with van der Waals surface area (Å²) in [6.45, 7) is 0.908. The Morgan fingerprint density at radius 3 is 2.95 bits per heavy atom. The van der Waals surface area contributed by atoms with Crippen LogP contribution in [0.4, 0.5) is 4.39 Å². The lowest BCUT2D eigenvalue weighted by molar-refractivity contribution is 0.576. The van der Waals surface area contributed by atoms with Gasteiger partial charge in [-0.25, -0.2) is 14.1 Å². The SMILES string of the molecule is Fc1ccccc1-c1nc2c(cnn2CC2CC2)[nH]1. The van der Waals surface area contributed by atoms with Crippen LogP contribution in [0.15, 0.2) is 30.5 Å². The van der Waals surface area contributed by atoms with Crippen LogP contribution >= 0.6 is 0 Å². The first-order valence-corrected chi connectivity index (χ1v) is 6.47. The zero-order valence-corrected chi connectivity index (χ0v) is 10.3. The van der Waals surface area contributed by atoms with Crippen molar-refractivity contribution in [2.75, 3.05) is 0 Å².